The van der Waals surface area contributed by atoms with Crippen molar-refractivity contribution in [1.29, 1.82) is 5.26 Å². The molecule has 11 heteroatoms. The highest BCUT2D eigenvalue weighted by Gasteiger charge is 2.40. The highest BCUT2D eigenvalue weighted by Crippen LogP contribution is 2.37. The van der Waals surface area contributed by atoms with Crippen molar-refractivity contribution >= 4 is 23.1 Å². The fraction of sp³-hybridized carbons (Fsp3) is 0.438. The standard InChI is InChI=1S/C32H37N7O4/c1-31(2,3)43-30(41)37-32(4,24-12-6-5-7-13-24)29(40)42-21-38-17-15-25-27(34-20-35-28(25)38)23-18-36-39(19-23)26(14-16-33)22-10-8-9-11-22/h5-7,12-13,15,17-20,22,26H,8-11,14,21H2,1-4H3,(H,37,41)/t26-,32+/m1/s1. The number of carbonyl (C=O) groups is 2. The zero-order valence-electron chi connectivity index (χ0n) is 25.0. The van der Waals surface area contributed by atoms with E-state index in [1.54, 1.807) is 68.9 Å². The average molecular weight is 584 g/mol. The number of hydrogen-bond donors (Lipinski definition) is 1. The van der Waals surface area contributed by atoms with Gasteiger partial charge in [-0.3, -0.25) is 9.25 Å². The second-order valence-electron chi connectivity index (χ2n) is 12.1. The summed E-state index contributed by atoms with van der Waals surface area (Å²) < 4.78 is 14.8. The molecule has 0 radical (unpaired) electrons. The van der Waals surface area contributed by atoms with Gasteiger partial charge in [0, 0.05) is 23.3 Å². The minimum absolute atomic E-state index is 0.0378. The monoisotopic (exact) mass is 583 g/mol. The Morgan fingerprint density at radius 2 is 1.86 bits per heavy atom. The molecule has 1 saturated carbocycles. The van der Waals surface area contributed by atoms with E-state index < -0.39 is 23.2 Å². The van der Waals surface area contributed by atoms with Crippen LogP contribution in [0.5, 0.6) is 0 Å². The molecule has 43 heavy (non-hydrogen) atoms. The molecular weight excluding hydrogens is 546 g/mol. The minimum atomic E-state index is -1.50. The van der Waals surface area contributed by atoms with E-state index in [1.807, 2.05) is 23.0 Å². The molecule has 1 amide bonds. The predicted molar refractivity (Wildman–Crippen MR) is 159 cm³/mol. The summed E-state index contributed by atoms with van der Waals surface area (Å²) in [4.78, 5) is 35.2. The number of benzene rings is 1. The van der Waals surface area contributed by atoms with Crippen LogP contribution in [0, 0.1) is 17.2 Å². The van der Waals surface area contributed by atoms with Crippen molar-refractivity contribution in [1.82, 2.24) is 29.6 Å². The van der Waals surface area contributed by atoms with Crippen molar-refractivity contribution in [3.8, 4) is 17.3 Å². The summed E-state index contributed by atoms with van der Waals surface area (Å²) >= 11 is 0. The number of fused-ring (bicyclic) bond motifs is 1. The van der Waals surface area contributed by atoms with Gasteiger partial charge in [0.15, 0.2) is 12.3 Å². The molecule has 224 valence electrons. The van der Waals surface area contributed by atoms with Crippen LogP contribution in [0.3, 0.4) is 0 Å². The molecule has 4 aromatic rings. The van der Waals surface area contributed by atoms with E-state index in [2.05, 4.69) is 26.5 Å². The molecular formula is C32H37N7O4. The summed E-state index contributed by atoms with van der Waals surface area (Å²) in [5, 5.41) is 17.5. The fourth-order valence-electron chi connectivity index (χ4n) is 5.68. The number of alkyl carbamates (subject to hydrolysis) is 1. The van der Waals surface area contributed by atoms with Crippen LogP contribution in [0.15, 0.2) is 61.3 Å². The second kappa shape index (κ2) is 12.3. The van der Waals surface area contributed by atoms with Gasteiger partial charge in [0.25, 0.3) is 0 Å². The third-order valence-corrected chi connectivity index (χ3v) is 7.86. The lowest BCUT2D eigenvalue weighted by Crippen LogP contribution is -2.51. The lowest BCUT2D eigenvalue weighted by molar-refractivity contribution is -0.155. The molecule has 1 fully saturated rings. The minimum Gasteiger partial charge on any atom is -0.444 e. The van der Waals surface area contributed by atoms with Crippen molar-refractivity contribution in [3.63, 3.8) is 0 Å². The fourth-order valence-corrected chi connectivity index (χ4v) is 5.68. The number of rotatable bonds is 9. The summed E-state index contributed by atoms with van der Waals surface area (Å²) in [7, 11) is 0. The first kappa shape index (κ1) is 29.8. The normalized spacial score (nSPS) is 15.9. The van der Waals surface area contributed by atoms with Crippen LogP contribution >= 0.6 is 0 Å². The van der Waals surface area contributed by atoms with E-state index in [1.165, 1.54) is 19.2 Å². The lowest BCUT2D eigenvalue weighted by atomic mass is 9.92. The highest BCUT2D eigenvalue weighted by molar-refractivity contribution is 5.91. The number of aromatic nitrogens is 5. The molecule has 3 aromatic heterocycles. The summed E-state index contributed by atoms with van der Waals surface area (Å²) in [5.41, 5.74) is 0.413. The van der Waals surface area contributed by atoms with Gasteiger partial charge in [-0.05, 0) is 58.1 Å². The summed E-state index contributed by atoms with van der Waals surface area (Å²) in [6, 6.07) is 13.1. The van der Waals surface area contributed by atoms with Crippen molar-refractivity contribution in [3.05, 3.63) is 66.9 Å². The molecule has 1 aliphatic rings. The molecule has 11 nitrogen and oxygen atoms in total. The Morgan fingerprint density at radius 1 is 1.12 bits per heavy atom. The summed E-state index contributed by atoms with van der Waals surface area (Å²) in [6.45, 7) is 6.71. The number of nitriles is 1. The number of esters is 1. The molecule has 0 spiro atoms. The van der Waals surface area contributed by atoms with Crippen molar-refractivity contribution in [2.75, 3.05) is 0 Å². The molecule has 0 unspecified atom stereocenters. The lowest BCUT2D eigenvalue weighted by Gasteiger charge is -2.30. The summed E-state index contributed by atoms with van der Waals surface area (Å²) in [6.07, 6.45) is 11.2. The molecule has 5 rings (SSSR count). The van der Waals surface area contributed by atoms with Crippen LogP contribution in [0.4, 0.5) is 4.79 Å². The van der Waals surface area contributed by atoms with E-state index in [9.17, 15) is 14.9 Å². The summed E-state index contributed by atoms with van der Waals surface area (Å²) in [5.74, 6) is -0.211. The number of amides is 1. The van der Waals surface area contributed by atoms with E-state index >= 15 is 0 Å². The van der Waals surface area contributed by atoms with Crippen LogP contribution in [-0.4, -0.2) is 42.0 Å². The predicted octanol–water partition coefficient (Wildman–Crippen LogP) is 5.88. The van der Waals surface area contributed by atoms with Gasteiger partial charge in [-0.15, -0.1) is 0 Å². The largest absolute Gasteiger partial charge is 0.444 e. The molecule has 2 atom stereocenters. The van der Waals surface area contributed by atoms with Gasteiger partial charge in [0.05, 0.1) is 30.4 Å². The Kier molecular flexibility index (Phi) is 8.48. The van der Waals surface area contributed by atoms with Crippen LogP contribution in [0.2, 0.25) is 0 Å². The molecule has 3 heterocycles. The molecule has 1 N–H and O–H groups in total. The first-order chi connectivity index (χ1) is 20.6. The van der Waals surface area contributed by atoms with Gasteiger partial charge in [-0.1, -0.05) is 43.2 Å². The molecule has 0 bridgehead atoms. The highest BCUT2D eigenvalue weighted by atomic mass is 16.6. The quantitative estimate of drug-likeness (QED) is 0.241. The molecule has 0 saturated heterocycles. The number of ether oxygens (including phenoxy) is 2. The van der Waals surface area contributed by atoms with Crippen LogP contribution in [0.25, 0.3) is 22.3 Å². The maximum absolute atomic E-state index is 13.5. The van der Waals surface area contributed by atoms with Gasteiger partial charge in [0.1, 0.15) is 17.6 Å². The van der Waals surface area contributed by atoms with Crippen molar-refractivity contribution in [2.45, 2.75) is 83.7 Å². The third kappa shape index (κ3) is 6.53. The number of carbonyl (C=O) groups excluding carboxylic acids is 2. The first-order valence-electron chi connectivity index (χ1n) is 14.5. The number of hydrogen-bond acceptors (Lipinski definition) is 8. The van der Waals surface area contributed by atoms with Crippen molar-refractivity contribution in [2.24, 2.45) is 5.92 Å². The SMILES string of the molecule is CC(C)(C)OC(=O)N[C@](C)(C(=O)OCn1ccc2c(-c3cnn([C@H](CC#N)C4CCCC4)c3)ncnc21)c1ccccc1. The van der Waals surface area contributed by atoms with Gasteiger partial charge < -0.3 is 14.8 Å². The Hall–Kier alpha value is -4.72. The molecule has 1 aliphatic carbocycles. The Bertz CT molecular complexity index is 1630. The maximum atomic E-state index is 13.5. The zero-order chi connectivity index (χ0) is 30.6. The van der Waals surface area contributed by atoms with Gasteiger partial charge in [0.2, 0.25) is 0 Å². The molecule has 0 aliphatic heterocycles. The maximum Gasteiger partial charge on any atom is 0.408 e. The Labute approximate surface area is 250 Å². The Balaban J connectivity index is 1.36. The zero-order valence-corrected chi connectivity index (χ0v) is 25.0. The second-order valence-corrected chi connectivity index (χ2v) is 12.1. The first-order valence-corrected chi connectivity index (χ1v) is 14.5. The van der Waals surface area contributed by atoms with Gasteiger partial charge in [-0.25, -0.2) is 19.6 Å². The smallest absolute Gasteiger partial charge is 0.408 e. The molecule has 1 aromatic carbocycles. The van der Waals surface area contributed by atoms with Crippen LogP contribution < -0.4 is 5.32 Å². The van der Waals surface area contributed by atoms with E-state index in [0.29, 0.717) is 29.2 Å². The van der Waals surface area contributed by atoms with E-state index in [-0.39, 0.29) is 12.8 Å². The van der Waals surface area contributed by atoms with Gasteiger partial charge >= 0.3 is 12.1 Å². The van der Waals surface area contributed by atoms with Crippen LogP contribution in [0.1, 0.15) is 71.4 Å². The van der Waals surface area contributed by atoms with Crippen molar-refractivity contribution < 1.29 is 19.1 Å². The van der Waals surface area contributed by atoms with Crippen LogP contribution in [-0.2, 0) is 26.5 Å². The number of nitrogens with zero attached hydrogens (tertiary/aromatic N) is 6. The Morgan fingerprint density at radius 3 is 2.56 bits per heavy atom. The third-order valence-electron chi connectivity index (χ3n) is 7.86. The number of nitrogens with one attached hydrogen (secondary N) is 1. The van der Waals surface area contributed by atoms with E-state index in [4.69, 9.17) is 9.47 Å². The topological polar surface area (TPSA) is 137 Å². The average Bonchev–Trinajstić information content (AvgIpc) is 3.75. The van der Waals surface area contributed by atoms with Gasteiger partial charge in [-0.2, -0.15) is 10.4 Å². The van der Waals surface area contributed by atoms with E-state index in [0.717, 1.165) is 23.8 Å².